The Labute approximate surface area is 214 Å². The Morgan fingerprint density at radius 2 is 1.46 bits per heavy atom. The average Bonchev–Trinajstić information content (AvgIpc) is 3.56. The van der Waals surface area contributed by atoms with E-state index in [2.05, 4.69) is 50.5 Å². The SMILES string of the molecule is CSc1n[nH]c(N)c1C(N)=O.CSc1n[nH]c2nc[nH]c(=O)c12.CSc1n[nH]c2ncnc(Cl)c12. The summed E-state index contributed by atoms with van der Waals surface area (Å²) in [4.78, 5) is 36.3. The van der Waals surface area contributed by atoms with Gasteiger partial charge in [-0.1, -0.05) is 11.6 Å². The number of carbonyl (C=O) groups is 1. The molecular weight excluding hydrogens is 536 g/mol. The van der Waals surface area contributed by atoms with E-state index in [0.29, 0.717) is 31.9 Å². The Balaban J connectivity index is 0.000000147. The third kappa shape index (κ3) is 5.87. The monoisotopic (exact) mass is 554 g/mol. The van der Waals surface area contributed by atoms with E-state index in [0.717, 1.165) is 10.4 Å². The highest BCUT2D eigenvalue weighted by Crippen LogP contribution is 2.26. The van der Waals surface area contributed by atoms with Crippen LogP contribution in [-0.2, 0) is 0 Å². The number of halogens is 1. The van der Waals surface area contributed by atoms with E-state index in [9.17, 15) is 9.59 Å². The van der Waals surface area contributed by atoms with Crippen molar-refractivity contribution in [3.05, 3.63) is 33.7 Å². The lowest BCUT2D eigenvalue weighted by molar-refractivity contribution is 0.0998. The molecule has 0 aromatic carbocycles. The summed E-state index contributed by atoms with van der Waals surface area (Å²) in [5.41, 5.74) is 11.8. The predicted molar refractivity (Wildman–Crippen MR) is 138 cm³/mol. The minimum Gasteiger partial charge on any atom is -0.383 e. The van der Waals surface area contributed by atoms with Gasteiger partial charge in [-0.05, 0) is 18.8 Å². The number of rotatable bonds is 4. The summed E-state index contributed by atoms with van der Waals surface area (Å²) in [6.45, 7) is 0. The highest BCUT2D eigenvalue weighted by atomic mass is 35.5. The molecule has 18 heteroatoms. The molecule has 0 unspecified atom stereocenters. The van der Waals surface area contributed by atoms with E-state index in [1.807, 2.05) is 12.5 Å². The van der Waals surface area contributed by atoms with Crippen molar-refractivity contribution in [2.75, 3.05) is 24.5 Å². The quantitative estimate of drug-likeness (QED) is 0.138. The molecule has 0 fully saturated rings. The number of fused-ring (bicyclic) bond motifs is 2. The summed E-state index contributed by atoms with van der Waals surface area (Å²) >= 11 is 10.1. The molecule has 35 heavy (non-hydrogen) atoms. The molecule has 8 N–H and O–H groups in total. The highest BCUT2D eigenvalue weighted by Gasteiger charge is 2.14. The summed E-state index contributed by atoms with van der Waals surface area (Å²) in [5.74, 6) is -0.331. The maximum Gasteiger partial charge on any atom is 0.263 e. The Bertz CT molecular complexity index is 1510. The third-order valence-electron chi connectivity index (χ3n) is 4.20. The molecule has 0 atom stereocenters. The van der Waals surface area contributed by atoms with Crippen molar-refractivity contribution < 1.29 is 4.79 Å². The largest absolute Gasteiger partial charge is 0.383 e. The van der Waals surface area contributed by atoms with Crippen LogP contribution < -0.4 is 17.0 Å². The standard InChI is InChI=1S/C6H5ClN4S.C6H6N4OS.C5H8N4OS/c1-12-6-3-4(7)8-2-9-5(3)10-11-6;1-12-6-3-4(9-10-6)7-2-8-5(3)11;1-11-5-2(4(7)10)3(6)8-9-5/h2H,1H3,(H,8,9,10,11);2H,1H3,(H2,7,8,9,10,11);1H3,(H2,7,10)(H3,6,8,9). The van der Waals surface area contributed by atoms with Crippen LogP contribution >= 0.6 is 46.9 Å². The Hall–Kier alpha value is -3.28. The van der Waals surface area contributed by atoms with Crippen molar-refractivity contribution in [1.82, 2.24) is 50.5 Å². The molecule has 5 heterocycles. The molecule has 0 aliphatic carbocycles. The molecule has 1 amide bonds. The lowest BCUT2D eigenvalue weighted by Crippen LogP contribution is -2.13. The number of nitrogens with two attached hydrogens (primary N) is 2. The van der Waals surface area contributed by atoms with Crippen LogP contribution in [0, 0.1) is 0 Å². The fraction of sp³-hybridized carbons (Fsp3) is 0.176. The van der Waals surface area contributed by atoms with Gasteiger partial charge in [-0.15, -0.1) is 35.3 Å². The molecule has 0 radical (unpaired) electrons. The van der Waals surface area contributed by atoms with Crippen molar-refractivity contribution in [2.24, 2.45) is 5.73 Å². The highest BCUT2D eigenvalue weighted by molar-refractivity contribution is 7.99. The number of aromatic amines is 4. The predicted octanol–water partition coefficient (Wildman–Crippen LogP) is 1.91. The molecule has 0 aliphatic heterocycles. The van der Waals surface area contributed by atoms with Crippen molar-refractivity contribution in [3.8, 4) is 0 Å². The zero-order valence-electron chi connectivity index (χ0n) is 18.4. The van der Waals surface area contributed by atoms with E-state index in [1.165, 1.54) is 47.9 Å². The number of carbonyl (C=O) groups excluding carboxylic acids is 1. The van der Waals surface area contributed by atoms with Crippen LogP contribution in [-0.4, -0.2) is 75.2 Å². The first-order chi connectivity index (χ1) is 16.8. The van der Waals surface area contributed by atoms with Crippen molar-refractivity contribution in [3.63, 3.8) is 0 Å². The van der Waals surface area contributed by atoms with Gasteiger partial charge in [0.15, 0.2) is 11.3 Å². The van der Waals surface area contributed by atoms with Gasteiger partial charge < -0.3 is 16.5 Å². The number of nitrogen functional groups attached to an aromatic ring is 1. The average molecular weight is 555 g/mol. The zero-order chi connectivity index (χ0) is 25.5. The fourth-order valence-corrected chi connectivity index (χ4v) is 4.55. The van der Waals surface area contributed by atoms with Crippen LogP contribution in [0.5, 0.6) is 0 Å². The van der Waals surface area contributed by atoms with Crippen molar-refractivity contribution >= 4 is 80.7 Å². The smallest absolute Gasteiger partial charge is 0.263 e. The summed E-state index contributed by atoms with van der Waals surface area (Å²) < 4.78 is 0. The molecule has 0 spiro atoms. The number of hydrogen-bond acceptors (Lipinski definition) is 12. The number of hydrogen-bond donors (Lipinski definition) is 6. The Kier molecular flexibility index (Phi) is 8.96. The molecule has 5 rings (SSSR count). The Morgan fingerprint density at radius 3 is 2.03 bits per heavy atom. The lowest BCUT2D eigenvalue weighted by Gasteiger charge is -1.92. The van der Waals surface area contributed by atoms with Crippen LogP contribution in [0.4, 0.5) is 5.82 Å². The minimum atomic E-state index is -0.555. The molecule has 0 saturated carbocycles. The number of H-pyrrole nitrogens is 4. The van der Waals surface area contributed by atoms with Gasteiger partial charge in [0.25, 0.3) is 11.5 Å². The second kappa shape index (κ2) is 11.9. The first-order valence-electron chi connectivity index (χ1n) is 9.34. The van der Waals surface area contributed by atoms with Crippen LogP contribution in [0.1, 0.15) is 10.4 Å². The number of anilines is 1. The van der Waals surface area contributed by atoms with Gasteiger partial charge in [0, 0.05) is 0 Å². The molecule has 5 aromatic heterocycles. The van der Waals surface area contributed by atoms with Crippen LogP contribution in [0.2, 0.25) is 5.15 Å². The van der Waals surface area contributed by atoms with Crippen molar-refractivity contribution in [1.29, 1.82) is 0 Å². The van der Waals surface area contributed by atoms with E-state index in [1.54, 1.807) is 6.26 Å². The molecular formula is C17H19ClN12O2S3. The van der Waals surface area contributed by atoms with Gasteiger partial charge in [-0.2, -0.15) is 15.3 Å². The summed E-state index contributed by atoms with van der Waals surface area (Å²) in [6.07, 6.45) is 8.35. The van der Waals surface area contributed by atoms with Gasteiger partial charge in [0.05, 0.1) is 11.7 Å². The normalized spacial score (nSPS) is 10.5. The second-order valence-electron chi connectivity index (χ2n) is 6.19. The molecule has 0 saturated heterocycles. The van der Waals surface area contributed by atoms with E-state index in [-0.39, 0.29) is 16.9 Å². The van der Waals surface area contributed by atoms with Crippen molar-refractivity contribution in [2.45, 2.75) is 15.1 Å². The van der Waals surface area contributed by atoms with Gasteiger partial charge in [0.2, 0.25) is 0 Å². The summed E-state index contributed by atoms with van der Waals surface area (Å²) in [6, 6.07) is 0. The number of nitrogens with one attached hydrogen (secondary N) is 4. The number of aromatic nitrogens is 10. The van der Waals surface area contributed by atoms with Gasteiger partial charge >= 0.3 is 0 Å². The molecule has 0 aliphatic rings. The van der Waals surface area contributed by atoms with Gasteiger partial charge in [-0.3, -0.25) is 24.9 Å². The maximum absolute atomic E-state index is 11.3. The topological polar surface area (TPSA) is 227 Å². The first-order valence-corrected chi connectivity index (χ1v) is 13.4. The van der Waals surface area contributed by atoms with E-state index >= 15 is 0 Å². The maximum atomic E-state index is 11.3. The van der Waals surface area contributed by atoms with Crippen LogP contribution in [0.3, 0.4) is 0 Å². The zero-order valence-corrected chi connectivity index (χ0v) is 21.6. The number of nitrogens with zero attached hydrogens (tertiary/aromatic N) is 6. The molecule has 5 aromatic rings. The second-order valence-corrected chi connectivity index (χ2v) is 8.94. The summed E-state index contributed by atoms with van der Waals surface area (Å²) in [7, 11) is 0. The van der Waals surface area contributed by atoms with E-state index < -0.39 is 5.91 Å². The van der Waals surface area contributed by atoms with Gasteiger partial charge in [-0.25, -0.2) is 15.0 Å². The first kappa shape index (κ1) is 26.3. The number of amides is 1. The lowest BCUT2D eigenvalue weighted by atomic mass is 10.3. The minimum absolute atomic E-state index is 0.155. The number of primary amides is 1. The molecule has 184 valence electrons. The van der Waals surface area contributed by atoms with E-state index in [4.69, 9.17) is 23.1 Å². The fourth-order valence-electron chi connectivity index (χ4n) is 2.66. The molecule has 0 bridgehead atoms. The van der Waals surface area contributed by atoms with Crippen LogP contribution in [0.25, 0.3) is 22.1 Å². The summed E-state index contributed by atoms with van der Waals surface area (Å²) in [5, 5.41) is 23.5. The number of thioether (sulfide) groups is 3. The molecule has 14 nitrogen and oxygen atoms in total. The Morgan fingerprint density at radius 1 is 0.886 bits per heavy atom. The van der Waals surface area contributed by atoms with Crippen LogP contribution in [0.15, 0.2) is 32.5 Å². The van der Waals surface area contributed by atoms with Gasteiger partial charge in [0.1, 0.15) is 43.3 Å². The third-order valence-corrected chi connectivity index (χ3v) is 6.53.